The van der Waals surface area contributed by atoms with Gasteiger partial charge >= 0.3 is 0 Å². The Hall–Kier alpha value is -0.780. The van der Waals surface area contributed by atoms with Crippen LogP contribution in [0.2, 0.25) is 0 Å². The van der Waals surface area contributed by atoms with E-state index in [0.717, 1.165) is 35.5 Å². The largest absolute Gasteiger partial charge is 0.0991 e. The van der Waals surface area contributed by atoms with Crippen molar-refractivity contribution in [3.8, 4) is 0 Å². The lowest BCUT2D eigenvalue weighted by atomic mass is 9.50. The second-order valence-electron chi connectivity index (χ2n) is 9.88. The molecule has 0 aromatic heterocycles. The van der Waals surface area contributed by atoms with Crippen LogP contribution in [0.1, 0.15) is 85.5 Å². The molecule has 0 aromatic rings. The van der Waals surface area contributed by atoms with E-state index < -0.39 is 0 Å². The fourth-order valence-corrected chi connectivity index (χ4v) is 7.19. The van der Waals surface area contributed by atoms with Crippen LogP contribution in [0.25, 0.3) is 0 Å². The third-order valence-corrected chi connectivity index (χ3v) is 8.23. The Morgan fingerprint density at radius 1 is 1.15 bits per heavy atom. The summed E-state index contributed by atoms with van der Waals surface area (Å²) >= 11 is 0. The average Bonchev–Trinajstić information content (AvgIpc) is 3.46. The predicted molar refractivity (Wildman–Crippen MR) is 115 cm³/mol. The molecule has 3 saturated carbocycles. The van der Waals surface area contributed by atoms with Crippen LogP contribution in [0.4, 0.5) is 0 Å². The first kappa shape index (κ1) is 20.0. The minimum absolute atomic E-state index is 0.705. The second kappa shape index (κ2) is 8.49. The summed E-state index contributed by atoms with van der Waals surface area (Å²) < 4.78 is 0. The molecule has 0 spiro atoms. The van der Waals surface area contributed by atoms with Gasteiger partial charge in [0, 0.05) is 0 Å². The molecule has 4 rings (SSSR count). The lowest BCUT2D eigenvalue weighted by molar-refractivity contribution is -0.0222. The van der Waals surface area contributed by atoms with Gasteiger partial charge in [0.25, 0.3) is 0 Å². The molecule has 0 radical (unpaired) electrons. The zero-order valence-corrected chi connectivity index (χ0v) is 17.8. The van der Waals surface area contributed by atoms with Gasteiger partial charge in [-0.1, -0.05) is 77.0 Å². The van der Waals surface area contributed by atoms with Gasteiger partial charge in [-0.2, -0.15) is 0 Å². The van der Waals surface area contributed by atoms with E-state index in [1.54, 1.807) is 5.57 Å². The van der Waals surface area contributed by atoms with Gasteiger partial charge in [0.05, 0.1) is 0 Å². The monoisotopic (exact) mass is 354 g/mol. The molecule has 0 saturated heterocycles. The van der Waals surface area contributed by atoms with Gasteiger partial charge in [0.2, 0.25) is 0 Å². The van der Waals surface area contributed by atoms with E-state index >= 15 is 0 Å². The molecule has 146 valence electrons. The number of hydrogen-bond acceptors (Lipinski definition) is 0. The van der Waals surface area contributed by atoms with Crippen LogP contribution in [0, 0.1) is 40.9 Å². The molecule has 0 nitrogen and oxygen atoms in total. The summed E-state index contributed by atoms with van der Waals surface area (Å²) in [6.45, 7) is 13.9. The Labute approximate surface area is 163 Å². The minimum atomic E-state index is 0.705. The summed E-state index contributed by atoms with van der Waals surface area (Å²) in [6.07, 6.45) is 21.6. The Morgan fingerprint density at radius 2 is 1.88 bits per heavy atom. The zero-order valence-electron chi connectivity index (χ0n) is 17.8. The van der Waals surface area contributed by atoms with Crippen molar-refractivity contribution in [3.63, 3.8) is 0 Å². The highest BCUT2D eigenvalue weighted by Gasteiger charge is 2.55. The summed E-state index contributed by atoms with van der Waals surface area (Å²) in [6, 6.07) is 0. The van der Waals surface area contributed by atoms with Gasteiger partial charge < -0.3 is 0 Å². The van der Waals surface area contributed by atoms with Gasteiger partial charge in [0.15, 0.2) is 0 Å². The fourth-order valence-electron chi connectivity index (χ4n) is 7.19. The predicted octanol–water partition coefficient (Wildman–Crippen LogP) is 7.97. The van der Waals surface area contributed by atoms with Crippen LogP contribution in [0.15, 0.2) is 36.5 Å². The molecule has 0 N–H and O–H groups in total. The smallest absolute Gasteiger partial charge is 0.0166 e. The van der Waals surface area contributed by atoms with E-state index in [4.69, 9.17) is 0 Å². The molecule has 0 aromatic carbocycles. The van der Waals surface area contributed by atoms with Crippen molar-refractivity contribution < 1.29 is 0 Å². The van der Waals surface area contributed by atoms with Gasteiger partial charge in [-0.05, 0) is 85.9 Å². The second-order valence-corrected chi connectivity index (χ2v) is 9.88. The average molecular weight is 355 g/mol. The summed E-state index contributed by atoms with van der Waals surface area (Å²) in [5, 5.41) is 0. The molecule has 26 heavy (non-hydrogen) atoms. The summed E-state index contributed by atoms with van der Waals surface area (Å²) in [5.74, 6) is 5.57. The highest BCUT2D eigenvalue weighted by molar-refractivity contribution is 5.22. The van der Waals surface area contributed by atoms with E-state index in [1.807, 2.05) is 6.08 Å². The maximum atomic E-state index is 4.00. The van der Waals surface area contributed by atoms with E-state index in [-0.39, 0.29) is 0 Å². The van der Waals surface area contributed by atoms with E-state index in [2.05, 4.69) is 52.5 Å². The van der Waals surface area contributed by atoms with Gasteiger partial charge in [-0.15, -0.1) is 0 Å². The van der Waals surface area contributed by atoms with Crippen molar-refractivity contribution >= 4 is 0 Å². The summed E-state index contributed by atoms with van der Waals surface area (Å²) in [4.78, 5) is 0. The summed E-state index contributed by atoms with van der Waals surface area (Å²) in [7, 11) is 0. The number of hydrogen-bond donors (Lipinski definition) is 0. The van der Waals surface area contributed by atoms with E-state index in [0.29, 0.717) is 5.41 Å². The van der Waals surface area contributed by atoms with Crippen LogP contribution < -0.4 is 0 Å². The van der Waals surface area contributed by atoms with Crippen molar-refractivity contribution in [2.45, 2.75) is 85.5 Å². The van der Waals surface area contributed by atoms with Crippen LogP contribution >= 0.6 is 0 Å². The van der Waals surface area contributed by atoms with Crippen molar-refractivity contribution in [2.24, 2.45) is 40.9 Å². The highest BCUT2D eigenvalue weighted by atomic mass is 14.6. The maximum Gasteiger partial charge on any atom is -0.0166 e. The zero-order chi connectivity index (χ0) is 18.7. The molecule has 4 aliphatic rings. The van der Waals surface area contributed by atoms with Crippen LogP contribution in [-0.4, -0.2) is 0 Å². The Kier molecular flexibility index (Phi) is 6.52. The van der Waals surface area contributed by atoms with Crippen molar-refractivity contribution in [3.05, 3.63) is 36.5 Å². The lowest BCUT2D eigenvalue weighted by Gasteiger charge is -2.54. The summed E-state index contributed by atoms with van der Waals surface area (Å²) in [5.41, 5.74) is 2.44. The molecule has 0 heteroatoms. The molecule has 0 bridgehead atoms. The van der Waals surface area contributed by atoms with Crippen LogP contribution in [0.3, 0.4) is 0 Å². The third-order valence-electron chi connectivity index (χ3n) is 8.23. The highest BCUT2D eigenvalue weighted by Crippen LogP contribution is 2.64. The quantitative estimate of drug-likeness (QED) is 0.449. The van der Waals surface area contributed by atoms with Crippen molar-refractivity contribution in [2.75, 3.05) is 0 Å². The normalized spacial score (nSPS) is 44.7. The molecule has 0 heterocycles. The Bertz CT molecular complexity index is 534. The van der Waals surface area contributed by atoms with E-state index in [9.17, 15) is 0 Å². The Balaban J connectivity index is 0.000000592. The molecule has 7 unspecified atom stereocenters. The van der Waals surface area contributed by atoms with Gasteiger partial charge in [-0.25, -0.2) is 0 Å². The molecular formula is C26H42. The first-order valence-corrected chi connectivity index (χ1v) is 11.5. The van der Waals surface area contributed by atoms with Crippen LogP contribution in [-0.2, 0) is 0 Å². The molecule has 3 fully saturated rings. The fraction of sp³-hybridized carbons (Fsp3) is 0.769. The first-order chi connectivity index (χ1) is 12.6. The van der Waals surface area contributed by atoms with E-state index in [1.165, 1.54) is 57.8 Å². The molecular weight excluding hydrogens is 312 g/mol. The molecule has 7 atom stereocenters. The first-order valence-electron chi connectivity index (χ1n) is 11.5. The molecule has 4 aliphatic carbocycles. The van der Waals surface area contributed by atoms with Crippen molar-refractivity contribution in [1.29, 1.82) is 0 Å². The number of fused-ring (bicyclic) bond motifs is 3. The van der Waals surface area contributed by atoms with Crippen LogP contribution in [0.5, 0.6) is 0 Å². The molecule has 0 aliphatic heterocycles. The minimum Gasteiger partial charge on any atom is -0.0991 e. The lowest BCUT2D eigenvalue weighted by Crippen LogP contribution is -2.46. The number of allylic oxidation sites excluding steroid dienone is 5. The number of rotatable bonds is 4. The Morgan fingerprint density at radius 3 is 2.46 bits per heavy atom. The van der Waals surface area contributed by atoms with Crippen molar-refractivity contribution in [1.82, 2.24) is 0 Å². The molecule has 0 amide bonds. The van der Waals surface area contributed by atoms with Gasteiger partial charge in [-0.3, -0.25) is 0 Å². The maximum absolute atomic E-state index is 4.00. The van der Waals surface area contributed by atoms with Gasteiger partial charge in [0.1, 0.15) is 0 Å². The standard InChI is InChI=1S/C23H38.C3H4/c1-6-9-18-17(5)14-21-20(19(18)10-7-2)11-12-23(8-3)15-16(4)13-22(21)23;1-2-3-1/h6,9,16-17,19-22H,1,7-8,10-15H2,2-5H3;1-2H,3H2/b18-9-;. The SMILES string of the molecule is C1=CC1.C=C/C=C1/C(C)CC2C(CCC3(CC)CC(C)CC23)C1CCC. The topological polar surface area (TPSA) is 0 Å². The third kappa shape index (κ3) is 3.90.